The molecule has 31 heavy (non-hydrogen) atoms. The Morgan fingerprint density at radius 1 is 1.10 bits per heavy atom. The summed E-state index contributed by atoms with van der Waals surface area (Å²) in [5.74, 6) is 2.82. The summed E-state index contributed by atoms with van der Waals surface area (Å²) in [7, 11) is 3.28. The van der Waals surface area contributed by atoms with Crippen molar-refractivity contribution in [2.75, 3.05) is 27.3 Å². The van der Waals surface area contributed by atoms with Crippen LogP contribution in [0, 0.1) is 6.92 Å². The highest BCUT2D eigenvalue weighted by Crippen LogP contribution is 2.34. The predicted octanol–water partition coefficient (Wildman–Crippen LogP) is 4.24. The number of oxazole rings is 1. The summed E-state index contributed by atoms with van der Waals surface area (Å²) < 4.78 is 22.9. The maximum Gasteiger partial charge on any atom is 0.230 e. The maximum atomic E-state index is 6.05. The van der Waals surface area contributed by atoms with Crippen molar-refractivity contribution in [3.63, 3.8) is 0 Å². The Morgan fingerprint density at radius 2 is 1.94 bits per heavy atom. The number of rotatable bonds is 8. The predicted molar refractivity (Wildman–Crippen MR) is 117 cm³/mol. The number of hydrogen-bond donors (Lipinski definition) is 0. The standard InChI is InChI=1S/C24H29N3O4/c1-17-22(26-24(31-17)21-14-20(28-2)7-8-23(21)29-3)15-27-12-9-19(10-13-27)30-16-18-6-4-5-11-25-18/h4-8,11,14,19H,9-10,12-13,15-16H2,1-3H3. The van der Waals surface area contributed by atoms with Crippen LogP contribution in [0.4, 0.5) is 0 Å². The van der Waals surface area contributed by atoms with Gasteiger partial charge in [-0.1, -0.05) is 6.07 Å². The molecule has 0 bridgehead atoms. The summed E-state index contributed by atoms with van der Waals surface area (Å²) in [6, 6.07) is 11.5. The molecule has 1 saturated heterocycles. The molecule has 0 atom stereocenters. The third-order valence-corrected chi connectivity index (χ3v) is 5.63. The molecule has 4 rings (SSSR count). The van der Waals surface area contributed by atoms with Crippen LogP contribution in [-0.4, -0.2) is 48.3 Å². The van der Waals surface area contributed by atoms with Gasteiger partial charge in [-0.25, -0.2) is 4.98 Å². The zero-order valence-electron chi connectivity index (χ0n) is 18.3. The van der Waals surface area contributed by atoms with Gasteiger partial charge in [0.25, 0.3) is 0 Å². The maximum absolute atomic E-state index is 6.05. The molecule has 1 aliphatic rings. The largest absolute Gasteiger partial charge is 0.497 e. The van der Waals surface area contributed by atoms with Gasteiger partial charge in [0.15, 0.2) is 0 Å². The molecule has 0 amide bonds. The van der Waals surface area contributed by atoms with Gasteiger partial charge in [-0.15, -0.1) is 0 Å². The highest BCUT2D eigenvalue weighted by molar-refractivity contribution is 5.65. The van der Waals surface area contributed by atoms with Gasteiger partial charge in [0.1, 0.15) is 17.3 Å². The molecule has 7 heteroatoms. The van der Waals surface area contributed by atoms with Gasteiger partial charge in [0, 0.05) is 25.8 Å². The van der Waals surface area contributed by atoms with Crippen LogP contribution < -0.4 is 9.47 Å². The van der Waals surface area contributed by atoms with Crippen LogP contribution in [0.15, 0.2) is 47.0 Å². The molecule has 0 aliphatic carbocycles. The van der Waals surface area contributed by atoms with Crippen molar-refractivity contribution >= 4 is 0 Å². The van der Waals surface area contributed by atoms with E-state index in [1.807, 2.05) is 43.3 Å². The number of ether oxygens (including phenoxy) is 3. The van der Waals surface area contributed by atoms with Crippen molar-refractivity contribution in [1.82, 2.24) is 14.9 Å². The molecule has 1 aromatic carbocycles. The topological polar surface area (TPSA) is 69.9 Å². The average molecular weight is 424 g/mol. The zero-order chi connectivity index (χ0) is 21.6. The molecule has 0 unspecified atom stereocenters. The molecule has 164 valence electrons. The van der Waals surface area contributed by atoms with Gasteiger partial charge in [0.05, 0.1) is 43.9 Å². The Bertz CT molecular complexity index is 982. The van der Waals surface area contributed by atoms with E-state index >= 15 is 0 Å². The number of nitrogens with zero attached hydrogens (tertiary/aromatic N) is 3. The van der Waals surface area contributed by atoms with Crippen LogP contribution in [0.3, 0.4) is 0 Å². The monoisotopic (exact) mass is 423 g/mol. The van der Waals surface area contributed by atoms with Crippen LogP contribution in [0.5, 0.6) is 11.5 Å². The Balaban J connectivity index is 1.35. The molecule has 0 saturated carbocycles. The number of hydrogen-bond acceptors (Lipinski definition) is 7. The fourth-order valence-corrected chi connectivity index (χ4v) is 3.80. The second-order valence-electron chi connectivity index (χ2n) is 7.70. The van der Waals surface area contributed by atoms with Crippen LogP contribution in [-0.2, 0) is 17.9 Å². The van der Waals surface area contributed by atoms with E-state index in [0.29, 0.717) is 18.2 Å². The lowest BCUT2D eigenvalue weighted by molar-refractivity contribution is -0.00546. The number of benzene rings is 1. The van der Waals surface area contributed by atoms with E-state index in [-0.39, 0.29) is 6.10 Å². The first-order chi connectivity index (χ1) is 15.2. The first kappa shape index (κ1) is 21.3. The first-order valence-electron chi connectivity index (χ1n) is 10.6. The van der Waals surface area contributed by atoms with Gasteiger partial charge in [-0.05, 0) is 50.1 Å². The summed E-state index contributed by atoms with van der Waals surface area (Å²) in [6.07, 6.45) is 4.07. The van der Waals surface area contributed by atoms with E-state index in [4.69, 9.17) is 23.6 Å². The van der Waals surface area contributed by atoms with Gasteiger partial charge in [0.2, 0.25) is 5.89 Å². The highest BCUT2D eigenvalue weighted by atomic mass is 16.5. The van der Waals surface area contributed by atoms with E-state index in [9.17, 15) is 0 Å². The number of methoxy groups -OCH3 is 2. The quantitative estimate of drug-likeness (QED) is 0.537. The van der Waals surface area contributed by atoms with E-state index < -0.39 is 0 Å². The van der Waals surface area contributed by atoms with E-state index in [1.165, 1.54) is 0 Å². The number of pyridine rings is 1. The molecule has 3 heterocycles. The minimum atomic E-state index is 0.272. The number of piperidine rings is 1. The minimum Gasteiger partial charge on any atom is -0.497 e. The molecule has 0 N–H and O–H groups in total. The minimum absolute atomic E-state index is 0.272. The fourth-order valence-electron chi connectivity index (χ4n) is 3.80. The fraction of sp³-hybridized carbons (Fsp3) is 0.417. The van der Waals surface area contributed by atoms with E-state index in [0.717, 1.165) is 60.9 Å². The lowest BCUT2D eigenvalue weighted by atomic mass is 10.1. The van der Waals surface area contributed by atoms with Crippen molar-refractivity contribution < 1.29 is 18.6 Å². The van der Waals surface area contributed by atoms with Crippen molar-refractivity contribution in [3.05, 3.63) is 59.7 Å². The lowest BCUT2D eigenvalue weighted by Gasteiger charge is -2.31. The number of likely N-dealkylation sites (tertiary alicyclic amines) is 1. The molecule has 0 radical (unpaired) electrons. The first-order valence-corrected chi connectivity index (χ1v) is 10.6. The van der Waals surface area contributed by atoms with Crippen LogP contribution in [0.2, 0.25) is 0 Å². The second-order valence-corrected chi connectivity index (χ2v) is 7.70. The third-order valence-electron chi connectivity index (χ3n) is 5.63. The zero-order valence-corrected chi connectivity index (χ0v) is 18.3. The summed E-state index contributed by atoms with van der Waals surface area (Å²) in [6.45, 7) is 5.23. The van der Waals surface area contributed by atoms with E-state index in [2.05, 4.69) is 9.88 Å². The van der Waals surface area contributed by atoms with Gasteiger partial charge in [-0.3, -0.25) is 9.88 Å². The third kappa shape index (κ3) is 5.24. The summed E-state index contributed by atoms with van der Waals surface area (Å²) >= 11 is 0. The van der Waals surface area contributed by atoms with Gasteiger partial charge < -0.3 is 18.6 Å². The van der Waals surface area contributed by atoms with Crippen molar-refractivity contribution in [2.45, 2.75) is 39.0 Å². The van der Waals surface area contributed by atoms with Crippen molar-refractivity contribution in [2.24, 2.45) is 0 Å². The Morgan fingerprint density at radius 3 is 2.65 bits per heavy atom. The molecule has 3 aromatic rings. The lowest BCUT2D eigenvalue weighted by Crippen LogP contribution is -2.36. The molecule has 2 aromatic heterocycles. The van der Waals surface area contributed by atoms with E-state index in [1.54, 1.807) is 20.4 Å². The smallest absolute Gasteiger partial charge is 0.230 e. The van der Waals surface area contributed by atoms with Gasteiger partial charge in [-0.2, -0.15) is 0 Å². The summed E-state index contributed by atoms with van der Waals surface area (Å²) in [5, 5.41) is 0. The second kappa shape index (κ2) is 9.94. The molecular formula is C24H29N3O4. The SMILES string of the molecule is COc1ccc(OC)c(-c2nc(CN3CCC(OCc4ccccn4)CC3)c(C)o2)c1. The van der Waals surface area contributed by atoms with Crippen molar-refractivity contribution in [1.29, 1.82) is 0 Å². The molecule has 1 fully saturated rings. The average Bonchev–Trinajstić information content (AvgIpc) is 3.18. The van der Waals surface area contributed by atoms with Gasteiger partial charge >= 0.3 is 0 Å². The normalized spacial score (nSPS) is 15.2. The Labute approximate surface area is 183 Å². The molecule has 7 nitrogen and oxygen atoms in total. The van der Waals surface area contributed by atoms with Crippen molar-refractivity contribution in [3.8, 4) is 23.0 Å². The summed E-state index contributed by atoms with van der Waals surface area (Å²) in [5.41, 5.74) is 2.72. The van der Waals surface area contributed by atoms with Crippen LogP contribution in [0.25, 0.3) is 11.5 Å². The Hall–Kier alpha value is -2.90. The molecule has 1 aliphatic heterocycles. The molecule has 0 spiro atoms. The Kier molecular flexibility index (Phi) is 6.84. The number of aryl methyl sites for hydroxylation is 1. The molecular weight excluding hydrogens is 394 g/mol. The number of aromatic nitrogens is 2. The highest BCUT2D eigenvalue weighted by Gasteiger charge is 2.23. The summed E-state index contributed by atoms with van der Waals surface area (Å²) in [4.78, 5) is 11.5. The van der Waals surface area contributed by atoms with Crippen LogP contribution >= 0.6 is 0 Å². The van der Waals surface area contributed by atoms with Crippen LogP contribution in [0.1, 0.15) is 30.0 Å².